The van der Waals surface area contributed by atoms with E-state index >= 15 is 0 Å². The van der Waals surface area contributed by atoms with Gasteiger partial charge in [0.05, 0.1) is 11.6 Å². The van der Waals surface area contributed by atoms with Crippen molar-refractivity contribution in [2.24, 2.45) is 0 Å². The van der Waals surface area contributed by atoms with E-state index in [2.05, 4.69) is 10.3 Å². The maximum Gasteiger partial charge on any atom is 0.274 e. The molecule has 1 heterocycles. The predicted octanol–water partition coefficient (Wildman–Crippen LogP) is 4.26. The first-order valence-corrected chi connectivity index (χ1v) is 9.61. The highest BCUT2D eigenvalue weighted by Crippen LogP contribution is 2.14. The van der Waals surface area contributed by atoms with Crippen molar-refractivity contribution in [3.8, 4) is 6.07 Å². The Morgan fingerprint density at radius 3 is 2.27 bits per heavy atom. The molecule has 1 aromatic heterocycles. The number of carbonyl (C=O) groups excluding carboxylic acids is 2. The fourth-order valence-corrected chi connectivity index (χ4v) is 2.92. The molecule has 6 heteroatoms. The van der Waals surface area contributed by atoms with Crippen LogP contribution in [0.25, 0.3) is 0 Å². The number of hydrogen-bond acceptors (Lipinski definition) is 4. The summed E-state index contributed by atoms with van der Waals surface area (Å²) in [5.41, 5.74) is 2.44. The second-order valence-electron chi connectivity index (χ2n) is 7.06. The van der Waals surface area contributed by atoms with Crippen molar-refractivity contribution >= 4 is 17.5 Å². The van der Waals surface area contributed by atoms with Gasteiger partial charge in [0.2, 0.25) is 0 Å². The quantitative estimate of drug-likeness (QED) is 0.672. The number of rotatable bonds is 6. The van der Waals surface area contributed by atoms with E-state index < -0.39 is 5.91 Å². The molecule has 3 rings (SSSR count). The molecule has 1 N–H and O–H groups in total. The molecule has 2 aromatic carbocycles. The number of nitrogens with one attached hydrogen (secondary N) is 1. The van der Waals surface area contributed by atoms with Crippen molar-refractivity contribution in [3.63, 3.8) is 0 Å². The lowest BCUT2D eigenvalue weighted by Crippen LogP contribution is -2.37. The van der Waals surface area contributed by atoms with Gasteiger partial charge in [-0.1, -0.05) is 36.4 Å². The van der Waals surface area contributed by atoms with E-state index in [0.29, 0.717) is 17.8 Å². The Labute approximate surface area is 175 Å². The molecule has 0 spiro atoms. The summed E-state index contributed by atoms with van der Waals surface area (Å²) in [5.74, 6) is -0.657. The second-order valence-corrected chi connectivity index (χ2v) is 7.06. The van der Waals surface area contributed by atoms with Crippen LogP contribution in [-0.4, -0.2) is 27.7 Å². The number of anilines is 1. The van der Waals surface area contributed by atoms with Crippen molar-refractivity contribution < 1.29 is 9.59 Å². The Morgan fingerprint density at radius 2 is 1.63 bits per heavy atom. The average Bonchev–Trinajstić information content (AvgIpc) is 2.78. The van der Waals surface area contributed by atoms with E-state index in [0.717, 1.165) is 5.56 Å². The first kappa shape index (κ1) is 20.7. The van der Waals surface area contributed by atoms with Crippen molar-refractivity contribution in [2.45, 2.75) is 26.4 Å². The number of nitrogens with zero attached hydrogens (tertiary/aromatic N) is 3. The topological polar surface area (TPSA) is 86.1 Å². The molecule has 0 radical (unpaired) electrons. The highest BCUT2D eigenvalue weighted by atomic mass is 16.2. The smallest absolute Gasteiger partial charge is 0.274 e. The lowest BCUT2D eigenvalue weighted by molar-refractivity contribution is 0.0684. The van der Waals surface area contributed by atoms with Crippen LogP contribution in [0.2, 0.25) is 0 Å². The van der Waals surface area contributed by atoms with E-state index in [4.69, 9.17) is 5.26 Å². The van der Waals surface area contributed by atoms with Crippen molar-refractivity contribution in [2.75, 3.05) is 5.32 Å². The normalized spacial score (nSPS) is 10.3. The predicted molar refractivity (Wildman–Crippen MR) is 115 cm³/mol. The molecule has 30 heavy (non-hydrogen) atoms. The van der Waals surface area contributed by atoms with Crippen LogP contribution in [0.5, 0.6) is 0 Å². The summed E-state index contributed by atoms with van der Waals surface area (Å²) in [5, 5.41) is 11.6. The molecule has 0 aliphatic heterocycles. The van der Waals surface area contributed by atoms with Crippen molar-refractivity contribution in [1.82, 2.24) is 9.88 Å². The number of carbonyl (C=O) groups is 2. The van der Waals surface area contributed by atoms with Gasteiger partial charge in [-0.2, -0.15) is 5.26 Å². The number of hydrogen-bond donors (Lipinski definition) is 1. The summed E-state index contributed by atoms with van der Waals surface area (Å²) in [7, 11) is 0. The zero-order chi connectivity index (χ0) is 21.5. The van der Waals surface area contributed by atoms with Gasteiger partial charge in [0.25, 0.3) is 11.8 Å². The number of benzene rings is 2. The molecule has 0 aliphatic rings. The second kappa shape index (κ2) is 9.48. The molecule has 0 fully saturated rings. The van der Waals surface area contributed by atoms with E-state index in [1.54, 1.807) is 47.4 Å². The summed E-state index contributed by atoms with van der Waals surface area (Å²) in [6.45, 7) is 4.35. The van der Waals surface area contributed by atoms with E-state index in [1.807, 2.05) is 50.2 Å². The average molecular weight is 398 g/mol. The third kappa shape index (κ3) is 5.09. The number of pyridine rings is 1. The van der Waals surface area contributed by atoms with Crippen LogP contribution in [0.1, 0.15) is 46.0 Å². The minimum absolute atomic E-state index is 0.0318. The lowest BCUT2D eigenvalue weighted by atomic mass is 10.1. The molecule has 0 bridgehead atoms. The van der Waals surface area contributed by atoms with Crippen LogP contribution in [-0.2, 0) is 6.54 Å². The van der Waals surface area contributed by atoms with Crippen LogP contribution in [0.4, 0.5) is 5.69 Å². The Balaban J connectivity index is 1.77. The maximum atomic E-state index is 13.1. The molecular formula is C24H22N4O2. The summed E-state index contributed by atoms with van der Waals surface area (Å²) < 4.78 is 0. The van der Waals surface area contributed by atoms with E-state index in [-0.39, 0.29) is 23.3 Å². The number of nitriles is 1. The molecule has 6 nitrogen and oxygen atoms in total. The molecule has 3 aromatic rings. The third-order valence-electron chi connectivity index (χ3n) is 4.55. The van der Waals surface area contributed by atoms with Gasteiger partial charge in [-0.15, -0.1) is 0 Å². The van der Waals surface area contributed by atoms with Gasteiger partial charge >= 0.3 is 0 Å². The first-order chi connectivity index (χ1) is 14.5. The standard InChI is InChI=1S/C24H22N4O2/c1-17(2)28(16-19-7-4-3-5-8-19)24(30)22-10-6-9-21(27-22)23(29)26-20-13-11-18(15-25)12-14-20/h3-14,17H,16H2,1-2H3,(H,26,29). The maximum absolute atomic E-state index is 13.1. The molecular weight excluding hydrogens is 376 g/mol. The van der Waals surface area contributed by atoms with Gasteiger partial charge in [-0.25, -0.2) is 4.98 Å². The lowest BCUT2D eigenvalue weighted by Gasteiger charge is -2.26. The molecule has 0 saturated carbocycles. The van der Waals surface area contributed by atoms with Gasteiger partial charge in [0.1, 0.15) is 11.4 Å². The van der Waals surface area contributed by atoms with E-state index in [9.17, 15) is 9.59 Å². The molecule has 0 unspecified atom stereocenters. The number of aromatic nitrogens is 1. The fourth-order valence-electron chi connectivity index (χ4n) is 2.92. The summed E-state index contributed by atoms with van der Waals surface area (Å²) in [4.78, 5) is 31.7. The van der Waals surface area contributed by atoms with Crippen LogP contribution >= 0.6 is 0 Å². The highest BCUT2D eigenvalue weighted by Gasteiger charge is 2.21. The monoisotopic (exact) mass is 398 g/mol. The largest absolute Gasteiger partial charge is 0.331 e. The molecule has 0 saturated heterocycles. The van der Waals surface area contributed by atoms with Crippen LogP contribution in [0.15, 0.2) is 72.8 Å². The van der Waals surface area contributed by atoms with Crippen molar-refractivity contribution in [1.29, 1.82) is 5.26 Å². The Bertz CT molecular complexity index is 1070. The summed E-state index contributed by atoms with van der Waals surface area (Å²) in [6, 6.07) is 23.1. The molecule has 0 aliphatic carbocycles. The third-order valence-corrected chi connectivity index (χ3v) is 4.55. The van der Waals surface area contributed by atoms with Crippen LogP contribution in [0.3, 0.4) is 0 Å². The summed E-state index contributed by atoms with van der Waals surface area (Å²) >= 11 is 0. The van der Waals surface area contributed by atoms with Crippen LogP contribution < -0.4 is 5.32 Å². The molecule has 0 atom stereocenters. The minimum Gasteiger partial charge on any atom is -0.331 e. The van der Waals surface area contributed by atoms with Crippen LogP contribution in [0, 0.1) is 11.3 Å². The SMILES string of the molecule is CC(C)N(Cc1ccccc1)C(=O)c1cccc(C(=O)Nc2ccc(C#N)cc2)n1. The van der Waals surface area contributed by atoms with Gasteiger partial charge in [0.15, 0.2) is 0 Å². The van der Waals surface area contributed by atoms with Gasteiger partial charge in [0, 0.05) is 18.3 Å². The highest BCUT2D eigenvalue weighted by molar-refractivity contribution is 6.03. The zero-order valence-corrected chi connectivity index (χ0v) is 16.9. The number of amides is 2. The van der Waals surface area contributed by atoms with Gasteiger partial charge in [-0.3, -0.25) is 9.59 Å². The first-order valence-electron chi connectivity index (χ1n) is 9.61. The minimum atomic E-state index is -0.423. The van der Waals surface area contributed by atoms with Gasteiger partial charge < -0.3 is 10.2 Å². The molecule has 150 valence electrons. The molecule has 2 amide bonds. The van der Waals surface area contributed by atoms with E-state index in [1.165, 1.54) is 0 Å². The van der Waals surface area contributed by atoms with Crippen molar-refractivity contribution in [3.05, 3.63) is 95.3 Å². The fraction of sp³-hybridized carbons (Fsp3) is 0.167. The Kier molecular flexibility index (Phi) is 6.56. The summed E-state index contributed by atoms with van der Waals surface area (Å²) in [6.07, 6.45) is 0. The zero-order valence-electron chi connectivity index (χ0n) is 16.9. The Morgan fingerprint density at radius 1 is 0.967 bits per heavy atom. The van der Waals surface area contributed by atoms with Gasteiger partial charge in [-0.05, 0) is 55.8 Å². The Hall–Kier alpha value is -3.98.